The van der Waals surface area contributed by atoms with Gasteiger partial charge in [-0.3, -0.25) is 0 Å². The summed E-state index contributed by atoms with van der Waals surface area (Å²) in [6.45, 7) is 29.3. The highest BCUT2D eigenvalue weighted by Crippen LogP contribution is 2.65. The van der Waals surface area contributed by atoms with Gasteiger partial charge < -0.3 is 18.9 Å². The highest BCUT2D eigenvalue weighted by molar-refractivity contribution is 6.13. The molecule has 0 amide bonds. The largest absolute Gasteiger partial charge is 0.311 e. The van der Waals surface area contributed by atoms with Crippen molar-refractivity contribution in [2.24, 2.45) is 10.8 Å². The summed E-state index contributed by atoms with van der Waals surface area (Å²) in [5.74, 6) is 0. The zero-order valence-corrected chi connectivity index (χ0v) is 69.7. The van der Waals surface area contributed by atoms with Crippen molar-refractivity contribution in [3.63, 3.8) is 0 Å². The zero-order chi connectivity index (χ0) is 81.0. The third-order valence-corrected chi connectivity index (χ3v) is 28.6. The van der Waals surface area contributed by atoms with Gasteiger partial charge in [0.25, 0.3) is 0 Å². The fraction of sp³-hybridized carbons (Fsp3) is 0.158. The van der Waals surface area contributed by atoms with Gasteiger partial charge in [0.1, 0.15) is 0 Å². The first-order valence-electron chi connectivity index (χ1n) is 41.9. The van der Waals surface area contributed by atoms with Crippen molar-refractivity contribution < 1.29 is 0 Å². The molecule has 2 aliphatic carbocycles. The molecule has 0 radical (unpaired) electrons. The summed E-state index contributed by atoms with van der Waals surface area (Å²) < 4.78 is 5.00. The molecule has 4 nitrogen and oxygen atoms in total. The van der Waals surface area contributed by atoms with E-state index in [9.17, 15) is 0 Å². The number of hydrogen-bond acceptors (Lipinski definition) is 2. The van der Waals surface area contributed by atoms with E-state index in [2.05, 4.69) is 490 Å². The highest BCUT2D eigenvalue weighted by atomic mass is 15.1. The van der Waals surface area contributed by atoms with E-state index < -0.39 is 0 Å². The van der Waals surface area contributed by atoms with Gasteiger partial charge in [-0.1, -0.05) is 344 Å². The topological polar surface area (TPSA) is 16.3 Å². The summed E-state index contributed by atoms with van der Waals surface area (Å²) in [4.78, 5) is 4.75. The van der Waals surface area contributed by atoms with Crippen molar-refractivity contribution in [1.29, 1.82) is 0 Å². The van der Waals surface area contributed by atoms with E-state index in [4.69, 9.17) is 0 Å². The SMILES string of the molecule is CC1(C)c2cc3c4cc(-c5ccc(N(c6ccc(-c7ccccc7)cc6)c6ccccc6-c6ccccc6)cc5)ccc4n(-c4ccccc4)c3cc2C(C)(C)C1(C)C.CC1(C)c2ccc3c4cc(-c5ccc(N(c6ccc(-c7ccccc7)cc6)c6ccc(-c7ccccc7)cc6)cc5)ccc4n(-c4ccccc4)c3c2C(C)(C)C1(C)C. The molecule has 118 heavy (non-hydrogen) atoms. The van der Waals surface area contributed by atoms with E-state index in [1.165, 1.54) is 144 Å². The van der Waals surface area contributed by atoms with Gasteiger partial charge in [0.15, 0.2) is 0 Å². The minimum Gasteiger partial charge on any atom is -0.311 e. The lowest BCUT2D eigenvalue weighted by Crippen LogP contribution is -2.42. The summed E-state index contributed by atoms with van der Waals surface area (Å²) in [5.41, 5.74) is 34.6. The smallest absolute Gasteiger partial charge is 0.0581 e. The van der Waals surface area contributed by atoms with Crippen LogP contribution in [0.3, 0.4) is 0 Å². The molecule has 0 saturated carbocycles. The summed E-state index contributed by atoms with van der Waals surface area (Å²) in [6, 6.07) is 142. The van der Waals surface area contributed by atoms with Crippen LogP contribution in [0.2, 0.25) is 0 Å². The first-order valence-corrected chi connectivity index (χ1v) is 41.9. The lowest BCUT2D eigenvalue weighted by Gasteiger charge is -2.44. The molecule has 0 fully saturated rings. The number of para-hydroxylation sites is 3. The number of aromatic nitrogens is 2. The zero-order valence-electron chi connectivity index (χ0n) is 69.7. The third-order valence-electron chi connectivity index (χ3n) is 28.6. The van der Waals surface area contributed by atoms with Crippen LogP contribution in [0.15, 0.2) is 388 Å². The Balaban J connectivity index is 0.000000157. The average Bonchev–Trinajstić information content (AvgIpc) is 1.50. The van der Waals surface area contributed by atoms with E-state index in [1.54, 1.807) is 0 Å². The van der Waals surface area contributed by atoms with Gasteiger partial charge in [0, 0.05) is 66.9 Å². The van der Waals surface area contributed by atoms with Crippen LogP contribution in [-0.4, -0.2) is 9.13 Å². The van der Waals surface area contributed by atoms with Crippen molar-refractivity contribution in [3.8, 4) is 78.1 Å². The van der Waals surface area contributed by atoms with Crippen molar-refractivity contribution in [2.75, 3.05) is 9.80 Å². The number of fused-ring (bicyclic) bond motifs is 9. The Kier molecular flexibility index (Phi) is 18.3. The molecular formula is C114H100N4. The predicted octanol–water partition coefficient (Wildman–Crippen LogP) is 31.7. The molecule has 18 aromatic rings. The molecule has 0 N–H and O–H groups in total. The van der Waals surface area contributed by atoms with Crippen LogP contribution in [0.25, 0.3) is 122 Å². The second-order valence-electron chi connectivity index (χ2n) is 35.7. The number of nitrogens with zero attached hydrogens (tertiary/aromatic N) is 4. The summed E-state index contributed by atoms with van der Waals surface area (Å²) in [6.07, 6.45) is 0. The summed E-state index contributed by atoms with van der Waals surface area (Å²) in [5, 5.41) is 5.19. The van der Waals surface area contributed by atoms with Crippen LogP contribution >= 0.6 is 0 Å². The Morgan fingerprint density at radius 3 is 0.941 bits per heavy atom. The van der Waals surface area contributed by atoms with Gasteiger partial charge in [-0.15, -0.1) is 0 Å². The maximum atomic E-state index is 2.53. The van der Waals surface area contributed by atoms with Crippen molar-refractivity contribution >= 4 is 77.7 Å². The van der Waals surface area contributed by atoms with Gasteiger partial charge in [-0.05, 0) is 243 Å². The fourth-order valence-electron chi connectivity index (χ4n) is 19.6. The van der Waals surface area contributed by atoms with Crippen LogP contribution in [0, 0.1) is 10.8 Å². The first-order chi connectivity index (χ1) is 57.1. The predicted molar refractivity (Wildman–Crippen MR) is 503 cm³/mol. The lowest BCUT2D eigenvalue weighted by molar-refractivity contribution is 0.125. The second-order valence-corrected chi connectivity index (χ2v) is 35.7. The molecule has 4 heteroatoms. The van der Waals surface area contributed by atoms with E-state index in [0.29, 0.717) is 0 Å². The molecule has 576 valence electrons. The molecule has 0 spiro atoms. The first kappa shape index (κ1) is 74.8. The van der Waals surface area contributed by atoms with E-state index in [1.807, 2.05) is 0 Å². The monoisotopic (exact) mass is 1520 g/mol. The molecule has 20 rings (SSSR count). The van der Waals surface area contributed by atoms with Crippen molar-refractivity contribution in [1.82, 2.24) is 9.13 Å². The molecule has 0 saturated heterocycles. The number of rotatable bonds is 14. The second kappa shape index (κ2) is 28.9. The highest BCUT2D eigenvalue weighted by Gasteiger charge is 2.59. The van der Waals surface area contributed by atoms with Gasteiger partial charge in [-0.25, -0.2) is 0 Å². The number of hydrogen-bond donors (Lipinski definition) is 0. The number of benzene rings is 16. The van der Waals surface area contributed by atoms with Crippen LogP contribution < -0.4 is 9.80 Å². The van der Waals surface area contributed by atoms with Crippen LogP contribution in [0.5, 0.6) is 0 Å². The molecule has 0 aliphatic heterocycles. The van der Waals surface area contributed by atoms with E-state index in [-0.39, 0.29) is 32.5 Å². The van der Waals surface area contributed by atoms with E-state index >= 15 is 0 Å². The maximum absolute atomic E-state index is 2.53. The average molecular weight is 1530 g/mol. The fourth-order valence-corrected chi connectivity index (χ4v) is 19.6. The molecule has 0 unspecified atom stereocenters. The Morgan fingerprint density at radius 1 is 0.203 bits per heavy atom. The van der Waals surface area contributed by atoms with Crippen LogP contribution in [0.4, 0.5) is 34.1 Å². The molecular weight excluding hydrogens is 1430 g/mol. The molecule has 2 aromatic heterocycles. The molecule has 0 atom stereocenters. The molecule has 2 aliphatic rings. The Labute approximate surface area is 696 Å². The maximum Gasteiger partial charge on any atom is 0.0581 e. The normalized spacial score (nSPS) is 15.0. The Morgan fingerprint density at radius 2 is 0.508 bits per heavy atom. The van der Waals surface area contributed by atoms with Crippen LogP contribution in [0.1, 0.15) is 105 Å². The van der Waals surface area contributed by atoms with E-state index in [0.717, 1.165) is 34.1 Å². The summed E-state index contributed by atoms with van der Waals surface area (Å²) in [7, 11) is 0. The van der Waals surface area contributed by atoms with Crippen molar-refractivity contribution in [3.05, 3.63) is 411 Å². The third kappa shape index (κ3) is 12.2. The van der Waals surface area contributed by atoms with Crippen LogP contribution in [-0.2, 0) is 21.7 Å². The minimum atomic E-state index is -0.0412. The molecule has 0 bridgehead atoms. The Bertz CT molecular complexity index is 6670. The summed E-state index contributed by atoms with van der Waals surface area (Å²) >= 11 is 0. The number of anilines is 6. The molecule has 2 heterocycles. The van der Waals surface area contributed by atoms with Gasteiger partial charge in [-0.2, -0.15) is 0 Å². The van der Waals surface area contributed by atoms with Gasteiger partial charge >= 0.3 is 0 Å². The standard InChI is InChI=1S/2C57H50N2/c1-55(2)50-37-49-48-36-43(30-35-53(48)59(44-22-14-9-15-23-44)54(49)38-51(50)56(3,4)57(55,5)6)41-28-33-46(34-29-41)58(45-31-26-40(27-32-45)39-18-10-7-11-19-39)52-25-17-16-24-47(52)42-20-12-8-13-21-42;1-55(2)51-36-35-49-50-38-44(28-37-52(50)59(45-20-14-9-15-21-45)54(49)53(51)56(3,4)57(55,5)6)43-26-33-48(34-27-43)58(46-29-22-41(23-30-46)39-16-10-7-11-17-39)47-31-24-42(25-32-47)40-18-12-8-13-19-40/h2*7-38H,1-6H3. The quantitative estimate of drug-likeness (QED) is 0.108. The lowest BCUT2D eigenvalue weighted by atomic mass is 9.59. The molecule has 16 aromatic carbocycles. The Hall–Kier alpha value is -13.3. The van der Waals surface area contributed by atoms with Gasteiger partial charge in [0.2, 0.25) is 0 Å². The van der Waals surface area contributed by atoms with Crippen molar-refractivity contribution in [2.45, 2.75) is 105 Å². The minimum absolute atomic E-state index is 0.0154. The van der Waals surface area contributed by atoms with Gasteiger partial charge in [0.05, 0.1) is 27.8 Å².